The van der Waals surface area contributed by atoms with E-state index in [1.165, 1.54) is 12.0 Å². The average Bonchev–Trinajstić information content (AvgIpc) is 2.86. The van der Waals surface area contributed by atoms with E-state index in [1.54, 1.807) is 0 Å². The molecule has 2 aliphatic carbocycles. The molecule has 3 aromatic rings. The van der Waals surface area contributed by atoms with Gasteiger partial charge in [0.15, 0.2) is 0 Å². The molecule has 0 amide bonds. The SMILES string of the molecule is O=C(O[C@@H]1CCCCC1c1ccccc1)C1[C@@H](c2ccccc2)C(CO)[C@@H]1c1ccccc1. The first-order valence-corrected chi connectivity index (χ1v) is 12.2. The summed E-state index contributed by atoms with van der Waals surface area (Å²) in [5.74, 6) is -0.215. The number of aliphatic hydroxyl groups is 1. The summed E-state index contributed by atoms with van der Waals surface area (Å²) in [6.45, 7) is 0.0545. The molecule has 3 heteroatoms. The van der Waals surface area contributed by atoms with Crippen LogP contribution in [-0.2, 0) is 9.53 Å². The Hall–Kier alpha value is -2.91. The zero-order valence-corrected chi connectivity index (χ0v) is 18.9. The molecule has 0 aliphatic heterocycles. The molecule has 2 aliphatic rings. The van der Waals surface area contributed by atoms with Gasteiger partial charge in [-0.25, -0.2) is 0 Å². The monoisotopic (exact) mass is 440 g/mol. The van der Waals surface area contributed by atoms with Crippen molar-refractivity contribution in [3.05, 3.63) is 108 Å². The van der Waals surface area contributed by atoms with Crippen LogP contribution in [0.25, 0.3) is 0 Å². The molecule has 0 spiro atoms. The molecule has 5 rings (SSSR count). The Labute approximate surface area is 196 Å². The zero-order chi connectivity index (χ0) is 22.6. The maximum atomic E-state index is 13.8. The number of esters is 1. The molecule has 0 aromatic heterocycles. The molecule has 4 atom stereocenters. The quantitative estimate of drug-likeness (QED) is 0.474. The maximum Gasteiger partial charge on any atom is 0.310 e. The van der Waals surface area contributed by atoms with Gasteiger partial charge in [-0.3, -0.25) is 4.79 Å². The van der Waals surface area contributed by atoms with Crippen molar-refractivity contribution in [3.8, 4) is 0 Å². The number of rotatable bonds is 6. The predicted octanol–water partition coefficient (Wildman–Crippen LogP) is 6.06. The van der Waals surface area contributed by atoms with Crippen molar-refractivity contribution < 1.29 is 14.6 Å². The highest BCUT2D eigenvalue weighted by atomic mass is 16.5. The number of aliphatic hydroxyl groups excluding tert-OH is 1. The third kappa shape index (κ3) is 4.35. The molecule has 0 saturated heterocycles. The summed E-state index contributed by atoms with van der Waals surface area (Å²) in [7, 11) is 0. The number of benzene rings is 3. The molecule has 33 heavy (non-hydrogen) atoms. The van der Waals surface area contributed by atoms with Crippen LogP contribution in [0.1, 0.15) is 60.1 Å². The van der Waals surface area contributed by atoms with Crippen molar-refractivity contribution >= 4 is 5.97 Å². The summed E-state index contributed by atoms with van der Waals surface area (Å²) in [6, 6.07) is 30.8. The molecular weight excluding hydrogens is 408 g/mol. The number of ether oxygens (including phenoxy) is 1. The summed E-state index contributed by atoms with van der Waals surface area (Å²) < 4.78 is 6.34. The third-order valence-corrected chi connectivity index (χ3v) is 7.75. The van der Waals surface area contributed by atoms with Gasteiger partial charge in [-0.15, -0.1) is 0 Å². The van der Waals surface area contributed by atoms with Gasteiger partial charge in [-0.2, -0.15) is 0 Å². The van der Waals surface area contributed by atoms with E-state index in [1.807, 2.05) is 42.5 Å². The normalized spacial score (nSPS) is 29.1. The second-order valence-corrected chi connectivity index (χ2v) is 9.52. The smallest absolute Gasteiger partial charge is 0.310 e. The van der Waals surface area contributed by atoms with Gasteiger partial charge in [-0.1, -0.05) is 97.4 Å². The van der Waals surface area contributed by atoms with E-state index >= 15 is 0 Å². The summed E-state index contributed by atoms with van der Waals surface area (Å²) >= 11 is 0. The van der Waals surface area contributed by atoms with E-state index < -0.39 is 0 Å². The number of carbonyl (C=O) groups is 1. The molecule has 0 radical (unpaired) electrons. The average molecular weight is 441 g/mol. The maximum absolute atomic E-state index is 13.8. The topological polar surface area (TPSA) is 46.5 Å². The minimum absolute atomic E-state index is 0.00336. The van der Waals surface area contributed by atoms with E-state index in [0.29, 0.717) is 0 Å². The molecular formula is C30H32O3. The first-order valence-electron chi connectivity index (χ1n) is 12.2. The van der Waals surface area contributed by atoms with Gasteiger partial charge in [0.1, 0.15) is 6.10 Å². The van der Waals surface area contributed by atoms with Crippen LogP contribution >= 0.6 is 0 Å². The van der Waals surface area contributed by atoms with Crippen LogP contribution in [0.2, 0.25) is 0 Å². The van der Waals surface area contributed by atoms with E-state index in [-0.39, 0.29) is 48.3 Å². The van der Waals surface area contributed by atoms with Gasteiger partial charge in [0.2, 0.25) is 0 Å². The Bertz CT molecular complexity index is 986. The lowest BCUT2D eigenvalue weighted by molar-refractivity contribution is -0.166. The van der Waals surface area contributed by atoms with Crippen LogP contribution in [0.4, 0.5) is 0 Å². The van der Waals surface area contributed by atoms with Crippen molar-refractivity contribution in [2.75, 3.05) is 6.61 Å². The first-order chi connectivity index (χ1) is 16.3. The highest BCUT2D eigenvalue weighted by Gasteiger charge is 2.55. The van der Waals surface area contributed by atoms with Crippen LogP contribution in [0.5, 0.6) is 0 Å². The zero-order valence-electron chi connectivity index (χ0n) is 18.9. The van der Waals surface area contributed by atoms with Crippen LogP contribution < -0.4 is 0 Å². The lowest BCUT2D eigenvalue weighted by Crippen LogP contribution is -2.50. The van der Waals surface area contributed by atoms with Gasteiger partial charge in [0, 0.05) is 24.4 Å². The van der Waals surface area contributed by atoms with Crippen LogP contribution in [0.15, 0.2) is 91.0 Å². The Morgan fingerprint density at radius 2 is 1.21 bits per heavy atom. The third-order valence-electron chi connectivity index (χ3n) is 7.75. The van der Waals surface area contributed by atoms with E-state index in [2.05, 4.69) is 48.5 Å². The Kier molecular flexibility index (Phi) is 6.59. The second kappa shape index (κ2) is 9.93. The number of hydrogen-bond donors (Lipinski definition) is 1. The first kappa shape index (κ1) is 21.9. The number of hydrogen-bond acceptors (Lipinski definition) is 3. The predicted molar refractivity (Wildman–Crippen MR) is 130 cm³/mol. The standard InChI is InChI=1S/C30H32O3/c31-20-25-27(22-14-6-2-7-15-22)29(28(25)23-16-8-3-9-17-23)30(32)33-26-19-11-10-18-24(26)21-12-4-1-5-13-21/h1-9,12-17,24-29,31H,10-11,18-20H2/t24?,25?,26-,27+,28+,29?/m1/s1. The minimum atomic E-state index is -0.287. The Morgan fingerprint density at radius 1 is 0.727 bits per heavy atom. The van der Waals surface area contributed by atoms with Crippen LogP contribution in [0, 0.1) is 11.8 Å². The van der Waals surface area contributed by atoms with Gasteiger partial charge >= 0.3 is 5.97 Å². The van der Waals surface area contributed by atoms with Crippen LogP contribution in [0.3, 0.4) is 0 Å². The van der Waals surface area contributed by atoms with Crippen molar-refractivity contribution in [1.29, 1.82) is 0 Å². The number of carbonyl (C=O) groups excluding carboxylic acids is 1. The van der Waals surface area contributed by atoms with Crippen LogP contribution in [-0.4, -0.2) is 23.8 Å². The molecule has 170 valence electrons. The van der Waals surface area contributed by atoms with Gasteiger partial charge in [0.25, 0.3) is 0 Å². The van der Waals surface area contributed by atoms with E-state index in [0.717, 1.165) is 30.4 Å². The highest BCUT2D eigenvalue weighted by Crippen LogP contribution is 2.58. The van der Waals surface area contributed by atoms with Crippen molar-refractivity contribution in [2.24, 2.45) is 11.8 Å². The fourth-order valence-electron chi connectivity index (χ4n) is 6.16. The Morgan fingerprint density at radius 3 is 1.73 bits per heavy atom. The van der Waals surface area contributed by atoms with E-state index in [9.17, 15) is 9.90 Å². The largest absolute Gasteiger partial charge is 0.461 e. The lowest BCUT2D eigenvalue weighted by Gasteiger charge is -2.51. The fraction of sp³-hybridized carbons (Fsp3) is 0.367. The molecule has 0 bridgehead atoms. The lowest BCUT2D eigenvalue weighted by atomic mass is 9.52. The molecule has 3 aromatic carbocycles. The van der Waals surface area contributed by atoms with Crippen molar-refractivity contribution in [2.45, 2.75) is 49.5 Å². The molecule has 1 N–H and O–H groups in total. The summed E-state index contributed by atoms with van der Waals surface area (Å²) in [4.78, 5) is 13.8. The van der Waals surface area contributed by atoms with E-state index in [4.69, 9.17) is 4.74 Å². The fourth-order valence-corrected chi connectivity index (χ4v) is 6.16. The van der Waals surface area contributed by atoms with Gasteiger partial charge in [-0.05, 0) is 41.9 Å². The molecule has 3 nitrogen and oxygen atoms in total. The van der Waals surface area contributed by atoms with Gasteiger partial charge in [0.05, 0.1) is 5.92 Å². The summed E-state index contributed by atoms with van der Waals surface area (Å²) in [6.07, 6.45) is 4.14. The summed E-state index contributed by atoms with van der Waals surface area (Å²) in [5, 5.41) is 10.3. The Balaban J connectivity index is 1.44. The van der Waals surface area contributed by atoms with Gasteiger partial charge < -0.3 is 9.84 Å². The molecule has 2 saturated carbocycles. The minimum Gasteiger partial charge on any atom is -0.461 e. The molecule has 0 heterocycles. The van der Waals surface area contributed by atoms with Crippen molar-refractivity contribution in [3.63, 3.8) is 0 Å². The van der Waals surface area contributed by atoms with Crippen molar-refractivity contribution in [1.82, 2.24) is 0 Å². The molecule has 1 unspecified atom stereocenters. The second-order valence-electron chi connectivity index (χ2n) is 9.52. The highest BCUT2D eigenvalue weighted by molar-refractivity contribution is 5.77. The summed E-state index contributed by atoms with van der Waals surface area (Å²) in [5.41, 5.74) is 3.47. The molecule has 2 fully saturated rings.